The Balaban J connectivity index is 1.85. The lowest BCUT2D eigenvalue weighted by atomic mass is 10.1. The second-order valence-electron chi connectivity index (χ2n) is 4.90. The highest BCUT2D eigenvalue weighted by Gasteiger charge is 2.24. The highest BCUT2D eigenvalue weighted by Crippen LogP contribution is 2.26. The van der Waals surface area contributed by atoms with E-state index in [-0.39, 0.29) is 11.6 Å². The predicted molar refractivity (Wildman–Crippen MR) is 89.1 cm³/mol. The van der Waals surface area contributed by atoms with Crippen LogP contribution >= 0.6 is 0 Å². The highest BCUT2D eigenvalue weighted by atomic mass is 16.6. The largest absolute Gasteiger partial charge is 0.396 e. The van der Waals surface area contributed by atoms with Gasteiger partial charge in [-0.1, -0.05) is 0 Å². The zero-order valence-corrected chi connectivity index (χ0v) is 12.8. The number of benzene rings is 1. The number of azo groups is 1. The fourth-order valence-electron chi connectivity index (χ4n) is 2.13. The van der Waals surface area contributed by atoms with E-state index in [2.05, 4.69) is 25.2 Å². The summed E-state index contributed by atoms with van der Waals surface area (Å²) in [5.41, 5.74) is 7.24. The average molecular weight is 339 g/mol. The molecule has 0 saturated carbocycles. The van der Waals surface area contributed by atoms with Gasteiger partial charge in [-0.3, -0.25) is 15.1 Å². The summed E-state index contributed by atoms with van der Waals surface area (Å²) in [5.74, 6) is 6.23. The number of aliphatic imine (C=N–C) groups is 1. The molecule has 25 heavy (non-hydrogen) atoms. The van der Waals surface area contributed by atoms with Crippen molar-refractivity contribution in [2.75, 3.05) is 0 Å². The van der Waals surface area contributed by atoms with Crippen LogP contribution in [0.1, 0.15) is 5.56 Å². The van der Waals surface area contributed by atoms with Crippen molar-refractivity contribution < 1.29 is 4.92 Å². The Morgan fingerprint density at radius 2 is 1.88 bits per heavy atom. The van der Waals surface area contributed by atoms with Gasteiger partial charge >= 0.3 is 0 Å². The second kappa shape index (κ2) is 6.80. The fraction of sp³-hybridized carbons (Fsp3) is 0.0714. The normalized spacial score (nSPS) is 17.3. The van der Waals surface area contributed by atoms with Crippen molar-refractivity contribution in [3.63, 3.8) is 0 Å². The minimum absolute atomic E-state index is 0.0339. The summed E-state index contributed by atoms with van der Waals surface area (Å²) in [6.45, 7) is 0. The molecule has 11 heteroatoms. The first-order valence-electron chi connectivity index (χ1n) is 7.06. The van der Waals surface area contributed by atoms with Gasteiger partial charge in [0.2, 0.25) is 6.29 Å². The van der Waals surface area contributed by atoms with Gasteiger partial charge < -0.3 is 5.73 Å². The van der Waals surface area contributed by atoms with Gasteiger partial charge in [0.25, 0.3) is 11.6 Å². The molecule has 0 spiro atoms. The van der Waals surface area contributed by atoms with E-state index < -0.39 is 11.2 Å². The number of nitro benzene ring substituents is 1. The zero-order valence-electron chi connectivity index (χ0n) is 12.8. The first-order valence-corrected chi connectivity index (χ1v) is 7.06. The Hall–Kier alpha value is -3.73. The smallest absolute Gasteiger partial charge is 0.269 e. The van der Waals surface area contributed by atoms with Crippen molar-refractivity contribution in [2.45, 2.75) is 6.29 Å². The van der Waals surface area contributed by atoms with E-state index in [1.165, 1.54) is 35.7 Å². The summed E-state index contributed by atoms with van der Waals surface area (Å²) in [6, 6.07) is 7.48. The van der Waals surface area contributed by atoms with E-state index in [1.807, 2.05) is 0 Å². The number of aromatic nitrogens is 2. The maximum Gasteiger partial charge on any atom is 0.269 e. The lowest BCUT2D eigenvalue weighted by molar-refractivity contribution is -0.384. The molecule has 0 saturated heterocycles. The minimum atomic E-state index is -0.860. The van der Waals surface area contributed by atoms with E-state index in [4.69, 9.17) is 11.6 Å². The van der Waals surface area contributed by atoms with Gasteiger partial charge in [-0.05, 0) is 18.2 Å². The zero-order chi connectivity index (χ0) is 17.8. The molecular weight excluding hydrogens is 326 g/mol. The number of hydrogen-bond donors (Lipinski definition) is 2. The Labute approximate surface area is 141 Å². The molecule has 0 amide bonds. The Kier molecular flexibility index (Phi) is 4.39. The van der Waals surface area contributed by atoms with Crippen LogP contribution < -0.4 is 11.6 Å². The number of nitrogens with zero attached hydrogens (tertiary/aromatic N) is 7. The van der Waals surface area contributed by atoms with Crippen LogP contribution in [-0.2, 0) is 0 Å². The number of allylic oxidation sites excluding steroid dienone is 1. The lowest BCUT2D eigenvalue weighted by Gasteiger charge is -2.28. The minimum Gasteiger partial charge on any atom is -0.396 e. The van der Waals surface area contributed by atoms with Crippen LogP contribution in [0.25, 0.3) is 5.70 Å². The Morgan fingerprint density at radius 3 is 2.52 bits per heavy atom. The van der Waals surface area contributed by atoms with Crippen molar-refractivity contribution in [1.29, 1.82) is 0 Å². The van der Waals surface area contributed by atoms with Crippen molar-refractivity contribution in [3.8, 4) is 0 Å². The maximum atomic E-state index is 10.8. The van der Waals surface area contributed by atoms with Gasteiger partial charge in [-0.2, -0.15) is 0 Å². The van der Waals surface area contributed by atoms with Gasteiger partial charge in [0.15, 0.2) is 0 Å². The number of nitro groups is 1. The summed E-state index contributed by atoms with van der Waals surface area (Å²) < 4.78 is 0. The van der Waals surface area contributed by atoms with Crippen molar-refractivity contribution in [3.05, 3.63) is 64.1 Å². The monoisotopic (exact) mass is 339 g/mol. The molecule has 1 unspecified atom stereocenters. The molecule has 1 atom stereocenters. The molecule has 1 aromatic heterocycles. The summed E-state index contributed by atoms with van der Waals surface area (Å²) in [6.07, 6.45) is 3.62. The lowest BCUT2D eigenvalue weighted by Crippen LogP contribution is -2.41. The van der Waals surface area contributed by atoms with Gasteiger partial charge in [0.1, 0.15) is 0 Å². The first kappa shape index (κ1) is 16.1. The van der Waals surface area contributed by atoms with Gasteiger partial charge in [0.05, 0.1) is 22.5 Å². The molecule has 0 fully saturated rings. The van der Waals surface area contributed by atoms with Crippen LogP contribution in [0.4, 0.5) is 11.6 Å². The molecule has 2 heterocycles. The second-order valence-corrected chi connectivity index (χ2v) is 4.90. The third kappa shape index (κ3) is 3.45. The van der Waals surface area contributed by atoms with E-state index in [0.29, 0.717) is 17.0 Å². The number of hydrazine groups is 1. The molecule has 1 aliphatic heterocycles. The van der Waals surface area contributed by atoms with Crippen LogP contribution in [0.5, 0.6) is 0 Å². The molecule has 0 radical (unpaired) electrons. The first-order chi connectivity index (χ1) is 12.1. The summed E-state index contributed by atoms with van der Waals surface area (Å²) in [7, 11) is 0. The van der Waals surface area contributed by atoms with Crippen molar-refractivity contribution >= 4 is 23.5 Å². The third-order valence-electron chi connectivity index (χ3n) is 3.28. The third-order valence-corrected chi connectivity index (χ3v) is 3.28. The van der Waals surface area contributed by atoms with Crippen LogP contribution in [0.2, 0.25) is 0 Å². The highest BCUT2D eigenvalue weighted by molar-refractivity contribution is 5.90. The molecule has 2 aromatic rings. The van der Waals surface area contributed by atoms with Crippen molar-refractivity contribution in [2.24, 2.45) is 26.8 Å². The standard InChI is InChI=1S/C14H13N9O2/c15-11-8-19-14(21-20-13-17-6-1-7-18-13)22(16)12(11)9-2-4-10(5-3-9)23(24)25/h1-8,14H,15-16H2. The number of rotatable bonds is 4. The van der Waals surface area contributed by atoms with Crippen LogP contribution in [-0.4, -0.2) is 32.4 Å². The van der Waals surface area contributed by atoms with E-state index in [0.717, 1.165) is 0 Å². The predicted octanol–water partition coefficient (Wildman–Crippen LogP) is 1.34. The summed E-state index contributed by atoms with van der Waals surface area (Å²) in [4.78, 5) is 22.2. The van der Waals surface area contributed by atoms with Crippen LogP contribution in [0, 0.1) is 10.1 Å². The van der Waals surface area contributed by atoms with E-state index in [9.17, 15) is 10.1 Å². The quantitative estimate of drug-likeness (QED) is 0.367. The van der Waals surface area contributed by atoms with Gasteiger partial charge in [-0.25, -0.2) is 20.8 Å². The van der Waals surface area contributed by atoms with Gasteiger partial charge in [0, 0.05) is 30.1 Å². The van der Waals surface area contributed by atoms with Crippen LogP contribution in [0.15, 0.2) is 63.6 Å². The molecule has 126 valence electrons. The maximum absolute atomic E-state index is 10.8. The average Bonchev–Trinajstić information content (AvgIpc) is 2.62. The Morgan fingerprint density at radius 1 is 1.20 bits per heavy atom. The Bertz CT molecular complexity index is 862. The summed E-state index contributed by atoms with van der Waals surface area (Å²) in [5, 5.41) is 19.9. The summed E-state index contributed by atoms with van der Waals surface area (Å²) >= 11 is 0. The van der Waals surface area contributed by atoms with Crippen molar-refractivity contribution in [1.82, 2.24) is 15.0 Å². The molecule has 11 nitrogen and oxygen atoms in total. The molecule has 4 N–H and O–H groups in total. The molecule has 1 aromatic carbocycles. The van der Waals surface area contributed by atoms with E-state index in [1.54, 1.807) is 18.2 Å². The SMILES string of the molecule is NC1=C(c2ccc([N+](=O)[O-])cc2)N(N)C(N=Nc2ncccn2)N=C1. The van der Waals surface area contributed by atoms with Gasteiger partial charge in [-0.15, -0.1) is 10.2 Å². The number of nitrogens with two attached hydrogens (primary N) is 2. The molecule has 1 aliphatic rings. The molecular formula is C14H13N9O2. The fourth-order valence-corrected chi connectivity index (χ4v) is 2.13. The van der Waals surface area contributed by atoms with Crippen LogP contribution in [0.3, 0.4) is 0 Å². The number of hydrogen-bond acceptors (Lipinski definition) is 10. The molecule has 0 aliphatic carbocycles. The molecule has 0 bridgehead atoms. The molecule has 3 rings (SSSR count). The number of non-ortho nitro benzene ring substituents is 1. The van der Waals surface area contributed by atoms with E-state index >= 15 is 0 Å². The topological polar surface area (TPSA) is 161 Å².